The fraction of sp³-hybridized carbons (Fsp3) is 0.0179. The summed E-state index contributed by atoms with van der Waals surface area (Å²) < 4.78 is 9.05. The molecule has 1 aliphatic carbocycles. The van der Waals surface area contributed by atoms with E-state index in [-0.39, 0.29) is 0 Å². The number of hydrogen-bond donors (Lipinski definition) is 0. The molecule has 0 unspecified atom stereocenters. The van der Waals surface area contributed by atoms with Crippen LogP contribution < -0.4 is 4.74 Å². The lowest BCUT2D eigenvalue weighted by atomic mass is 9.65. The molecule has 0 amide bonds. The van der Waals surface area contributed by atoms with Gasteiger partial charge in [-0.1, -0.05) is 176 Å². The Kier molecular flexibility index (Phi) is 7.89. The number of ether oxygens (including phenoxy) is 1. The van der Waals surface area contributed by atoms with Gasteiger partial charge in [0.05, 0.1) is 21.3 Å². The van der Waals surface area contributed by atoms with Crippen molar-refractivity contribution in [2.75, 3.05) is 0 Å². The molecule has 1 spiro atoms. The summed E-state index contributed by atoms with van der Waals surface area (Å²) in [5, 5.41) is 1.13. The van der Waals surface area contributed by atoms with Gasteiger partial charge in [0.15, 0.2) is 23.3 Å². The van der Waals surface area contributed by atoms with Crippen molar-refractivity contribution < 1.29 is 4.74 Å². The van der Waals surface area contributed by atoms with Crippen molar-refractivity contribution in [3.63, 3.8) is 0 Å². The van der Waals surface area contributed by atoms with Gasteiger partial charge in [0.1, 0.15) is 11.5 Å². The minimum atomic E-state index is -0.837. The number of aromatic nitrogens is 5. The fourth-order valence-electron chi connectivity index (χ4n) is 9.72. The van der Waals surface area contributed by atoms with Gasteiger partial charge in [0, 0.05) is 49.0 Å². The van der Waals surface area contributed by atoms with Crippen molar-refractivity contribution in [1.82, 2.24) is 24.9 Å². The Balaban J connectivity index is 1.11. The van der Waals surface area contributed by atoms with Crippen LogP contribution in [0.4, 0.5) is 0 Å². The number of nitrogens with zero attached hydrogens (tertiary/aromatic N) is 5. The first kappa shape index (κ1) is 35.6. The third-order valence-electron chi connectivity index (χ3n) is 12.4. The Morgan fingerprint density at radius 3 is 1.62 bits per heavy atom. The quantitative estimate of drug-likeness (QED) is 0.172. The maximum atomic E-state index is 6.79. The zero-order valence-corrected chi connectivity index (χ0v) is 34.4. The maximum absolute atomic E-state index is 6.79. The zero-order valence-electron chi connectivity index (χ0n) is 33.6. The predicted octanol–water partition coefficient (Wildman–Crippen LogP) is 13.8. The molecule has 0 radical (unpaired) electrons. The normalized spacial score (nSPS) is 13.0. The van der Waals surface area contributed by atoms with E-state index in [0.717, 1.165) is 94.0 Å². The van der Waals surface area contributed by atoms with E-state index in [0.29, 0.717) is 23.3 Å². The number of para-hydroxylation sites is 2. The summed E-state index contributed by atoms with van der Waals surface area (Å²) in [5.41, 5.74) is 12.3. The van der Waals surface area contributed by atoms with Crippen molar-refractivity contribution in [3.8, 4) is 79.4 Å². The molecule has 4 heterocycles. The second-order valence-electron chi connectivity index (χ2n) is 15.9. The van der Waals surface area contributed by atoms with Crippen molar-refractivity contribution in [2.45, 2.75) is 5.41 Å². The topological polar surface area (TPSA) is 73.7 Å². The lowest BCUT2D eigenvalue weighted by Gasteiger charge is -2.40. The monoisotopic (exact) mass is 823 g/mol. The van der Waals surface area contributed by atoms with E-state index in [1.165, 1.54) is 4.70 Å². The first-order chi connectivity index (χ1) is 31.2. The van der Waals surface area contributed by atoms with E-state index in [1.807, 2.05) is 54.6 Å². The zero-order chi connectivity index (χ0) is 41.5. The van der Waals surface area contributed by atoms with Crippen LogP contribution in [-0.2, 0) is 5.41 Å². The molecule has 7 heteroatoms. The van der Waals surface area contributed by atoms with Crippen LogP contribution in [0.3, 0.4) is 0 Å². The summed E-state index contributed by atoms with van der Waals surface area (Å²) in [6.45, 7) is 0. The molecule has 0 bridgehead atoms. The Morgan fingerprint density at radius 2 is 0.937 bits per heavy atom. The molecular weight excluding hydrogens is 791 g/mol. The maximum Gasteiger partial charge on any atom is 0.164 e. The molecule has 1 aliphatic heterocycles. The van der Waals surface area contributed by atoms with E-state index in [4.69, 9.17) is 29.7 Å². The van der Waals surface area contributed by atoms with Crippen LogP contribution in [0.25, 0.3) is 88.2 Å². The van der Waals surface area contributed by atoms with Crippen LogP contribution in [0.5, 0.6) is 11.5 Å². The van der Waals surface area contributed by atoms with Crippen LogP contribution in [-0.4, -0.2) is 24.9 Å². The van der Waals surface area contributed by atoms with Crippen LogP contribution in [0, 0.1) is 0 Å². The third kappa shape index (κ3) is 5.40. The van der Waals surface area contributed by atoms with Gasteiger partial charge in [-0.15, -0.1) is 11.3 Å². The van der Waals surface area contributed by atoms with Gasteiger partial charge in [0.2, 0.25) is 0 Å². The summed E-state index contributed by atoms with van der Waals surface area (Å²) >= 11 is 1.74. The minimum absolute atomic E-state index is 0.596. The molecule has 13 rings (SSSR count). The average Bonchev–Trinajstić information content (AvgIpc) is 3.88. The van der Waals surface area contributed by atoms with Crippen LogP contribution in [0.1, 0.15) is 22.3 Å². The summed E-state index contributed by atoms with van der Waals surface area (Å²) in [4.78, 5) is 26.5. The summed E-state index contributed by atoms with van der Waals surface area (Å²) in [5.74, 6) is 4.09. The second kappa shape index (κ2) is 14.0. The van der Waals surface area contributed by atoms with Gasteiger partial charge in [-0.2, -0.15) is 0 Å². The van der Waals surface area contributed by atoms with E-state index >= 15 is 0 Å². The highest BCUT2D eigenvalue weighted by Crippen LogP contribution is 2.64. The molecule has 3 aromatic heterocycles. The smallest absolute Gasteiger partial charge is 0.164 e. The minimum Gasteiger partial charge on any atom is -0.457 e. The van der Waals surface area contributed by atoms with Crippen LogP contribution in [0.2, 0.25) is 0 Å². The Hall–Kier alpha value is -8.13. The van der Waals surface area contributed by atoms with E-state index in [1.54, 1.807) is 11.3 Å². The number of hydrogen-bond acceptors (Lipinski definition) is 7. The molecule has 11 aromatic rings. The molecule has 2 aliphatic rings. The molecule has 0 saturated carbocycles. The SMILES string of the molecule is c1ccc(-c2nc(-c3ccccc3)nc(-c3cccc4c3C3(c5ccccc5Oc5ccccc53)c3cc(-c5nc(-c6ccccc6)c6sc7ccccc7c6n5)ccc3-4)n2)cc1. The average molecular weight is 824 g/mol. The third-order valence-corrected chi connectivity index (χ3v) is 13.6. The molecule has 0 atom stereocenters. The molecule has 63 heavy (non-hydrogen) atoms. The highest BCUT2D eigenvalue weighted by atomic mass is 32.1. The standard InChI is InChI=1S/C56H33N5OS/c1-4-17-34(18-5-1)49-51-50(40-23-10-15-30-47(40)63-51)58-54(57-49)37-31-32-38-39-24-16-25-41(55-60-52(35-19-6-2-7-20-35)59-53(61-55)36-21-8-3-9-22-36)48(39)56(44(38)33-37)42-26-11-13-28-45(42)62-46-29-14-12-27-43(46)56/h1-33H. The van der Waals surface area contributed by atoms with Crippen molar-refractivity contribution >= 4 is 31.6 Å². The van der Waals surface area contributed by atoms with Gasteiger partial charge in [-0.05, 0) is 46.5 Å². The lowest BCUT2D eigenvalue weighted by molar-refractivity contribution is 0.436. The Bertz CT molecular complexity index is 3500. The molecule has 0 fully saturated rings. The molecule has 0 N–H and O–H groups in total. The van der Waals surface area contributed by atoms with Crippen molar-refractivity contribution in [3.05, 3.63) is 222 Å². The van der Waals surface area contributed by atoms with Gasteiger partial charge >= 0.3 is 0 Å². The molecular formula is C56H33N5OS. The van der Waals surface area contributed by atoms with E-state index in [9.17, 15) is 0 Å². The second-order valence-corrected chi connectivity index (χ2v) is 17.0. The van der Waals surface area contributed by atoms with Gasteiger partial charge in [-0.25, -0.2) is 24.9 Å². The number of fused-ring (bicyclic) bond motifs is 12. The van der Waals surface area contributed by atoms with Crippen molar-refractivity contribution in [1.29, 1.82) is 0 Å². The summed E-state index contributed by atoms with van der Waals surface area (Å²) in [6, 6.07) is 69.4. The Morgan fingerprint density at radius 1 is 0.381 bits per heavy atom. The Labute approximate surface area is 366 Å². The highest BCUT2D eigenvalue weighted by molar-refractivity contribution is 7.26. The molecule has 294 valence electrons. The van der Waals surface area contributed by atoms with Gasteiger partial charge in [-0.3, -0.25) is 0 Å². The summed E-state index contributed by atoms with van der Waals surface area (Å²) in [7, 11) is 0. The molecule has 8 aromatic carbocycles. The first-order valence-corrected chi connectivity index (χ1v) is 21.8. The lowest BCUT2D eigenvalue weighted by Crippen LogP contribution is -2.32. The first-order valence-electron chi connectivity index (χ1n) is 21.0. The van der Waals surface area contributed by atoms with E-state index < -0.39 is 5.41 Å². The number of rotatable bonds is 5. The van der Waals surface area contributed by atoms with Crippen molar-refractivity contribution in [2.24, 2.45) is 0 Å². The predicted molar refractivity (Wildman–Crippen MR) is 253 cm³/mol. The van der Waals surface area contributed by atoms with Crippen LogP contribution >= 0.6 is 11.3 Å². The van der Waals surface area contributed by atoms with Gasteiger partial charge in [0.25, 0.3) is 0 Å². The molecule has 0 saturated heterocycles. The van der Waals surface area contributed by atoms with Gasteiger partial charge < -0.3 is 4.74 Å². The molecule has 6 nitrogen and oxygen atoms in total. The number of thiophene rings is 1. The largest absolute Gasteiger partial charge is 0.457 e. The highest BCUT2D eigenvalue weighted by Gasteiger charge is 2.52. The fourth-order valence-corrected chi connectivity index (χ4v) is 10.9. The van der Waals surface area contributed by atoms with E-state index in [2.05, 4.69) is 146 Å². The summed E-state index contributed by atoms with van der Waals surface area (Å²) in [6.07, 6.45) is 0. The number of benzene rings is 8. The van der Waals surface area contributed by atoms with Crippen LogP contribution in [0.15, 0.2) is 200 Å².